The fourth-order valence-corrected chi connectivity index (χ4v) is 2.47. The number of rotatable bonds is 1. The zero-order chi connectivity index (χ0) is 12.6. The fraction of sp³-hybridized carbons (Fsp3) is 0.667. The van der Waals surface area contributed by atoms with Crippen LogP contribution in [0.25, 0.3) is 0 Å². The Labute approximate surface area is 99.1 Å². The molecule has 0 aromatic carbocycles. The van der Waals surface area contributed by atoms with Crippen LogP contribution in [0.5, 0.6) is 5.88 Å². The van der Waals surface area contributed by atoms with Crippen molar-refractivity contribution >= 4 is 0 Å². The number of H-pyrrole nitrogens is 1. The maximum Gasteiger partial charge on any atom is 0.331 e. The summed E-state index contributed by atoms with van der Waals surface area (Å²) >= 11 is 0. The van der Waals surface area contributed by atoms with Crippen molar-refractivity contribution in [3.05, 3.63) is 26.4 Å². The second-order valence-electron chi connectivity index (χ2n) is 4.99. The monoisotopic (exact) mass is 238 g/mol. The molecule has 5 nitrogen and oxygen atoms in total. The first-order valence-corrected chi connectivity index (χ1v) is 6.05. The quantitative estimate of drug-likeness (QED) is 0.774. The summed E-state index contributed by atoms with van der Waals surface area (Å²) in [5.74, 6) is 0.492. The van der Waals surface area contributed by atoms with E-state index >= 15 is 0 Å². The van der Waals surface area contributed by atoms with Crippen LogP contribution in [0.1, 0.15) is 44.2 Å². The minimum Gasteiger partial charge on any atom is -0.494 e. The van der Waals surface area contributed by atoms with Crippen molar-refractivity contribution in [1.82, 2.24) is 9.55 Å². The summed E-state index contributed by atoms with van der Waals surface area (Å²) in [4.78, 5) is 25.3. The van der Waals surface area contributed by atoms with E-state index < -0.39 is 11.2 Å². The van der Waals surface area contributed by atoms with Gasteiger partial charge >= 0.3 is 5.69 Å². The topological polar surface area (TPSA) is 75.1 Å². The Bertz CT molecular complexity index is 522. The summed E-state index contributed by atoms with van der Waals surface area (Å²) in [6.07, 6.45) is 3.85. The highest BCUT2D eigenvalue weighted by molar-refractivity contribution is 5.21. The van der Waals surface area contributed by atoms with Gasteiger partial charge in [-0.3, -0.25) is 14.3 Å². The van der Waals surface area contributed by atoms with Gasteiger partial charge in [0.15, 0.2) is 0 Å². The Balaban J connectivity index is 2.42. The van der Waals surface area contributed by atoms with Crippen molar-refractivity contribution < 1.29 is 5.11 Å². The van der Waals surface area contributed by atoms with Gasteiger partial charge in [0, 0.05) is 6.04 Å². The Morgan fingerprint density at radius 1 is 1.24 bits per heavy atom. The van der Waals surface area contributed by atoms with E-state index in [1.54, 1.807) is 0 Å². The predicted octanol–water partition coefficient (Wildman–Crippen LogP) is 1.30. The van der Waals surface area contributed by atoms with Gasteiger partial charge < -0.3 is 5.11 Å². The first kappa shape index (κ1) is 12.0. The Hall–Kier alpha value is -1.52. The Morgan fingerprint density at radius 2 is 1.82 bits per heavy atom. The summed E-state index contributed by atoms with van der Waals surface area (Å²) in [5, 5.41) is 9.92. The average Bonchev–Trinajstić information content (AvgIpc) is 2.29. The maximum absolute atomic E-state index is 11.7. The molecule has 0 saturated heterocycles. The number of aromatic nitrogens is 2. The average molecular weight is 238 g/mol. The number of aromatic amines is 1. The molecular formula is C12H18N2O3. The van der Waals surface area contributed by atoms with Gasteiger partial charge in [0.2, 0.25) is 5.88 Å². The molecule has 1 aliphatic rings. The molecule has 0 bridgehead atoms. The van der Waals surface area contributed by atoms with E-state index in [1.807, 2.05) is 0 Å². The molecule has 1 aliphatic carbocycles. The molecule has 0 unspecified atom stereocenters. The summed E-state index contributed by atoms with van der Waals surface area (Å²) in [6, 6.07) is 0.00856. The highest BCUT2D eigenvalue weighted by Crippen LogP contribution is 2.32. The van der Waals surface area contributed by atoms with Crippen LogP contribution in [-0.4, -0.2) is 14.7 Å². The van der Waals surface area contributed by atoms with Crippen LogP contribution in [0, 0.1) is 12.8 Å². The molecule has 1 saturated carbocycles. The van der Waals surface area contributed by atoms with E-state index in [0.717, 1.165) is 25.7 Å². The van der Waals surface area contributed by atoms with Crippen LogP contribution < -0.4 is 11.2 Å². The minimum atomic E-state index is -0.507. The molecule has 1 fully saturated rings. The van der Waals surface area contributed by atoms with Gasteiger partial charge in [-0.2, -0.15) is 0 Å². The lowest BCUT2D eigenvalue weighted by atomic mass is 9.87. The van der Waals surface area contributed by atoms with Gasteiger partial charge in [0.1, 0.15) is 0 Å². The molecule has 5 heteroatoms. The lowest BCUT2D eigenvalue weighted by Gasteiger charge is -2.28. The molecular weight excluding hydrogens is 220 g/mol. The van der Waals surface area contributed by atoms with Crippen molar-refractivity contribution in [3.8, 4) is 5.88 Å². The van der Waals surface area contributed by atoms with Crippen molar-refractivity contribution in [3.63, 3.8) is 0 Å². The molecule has 0 aliphatic heterocycles. The lowest BCUT2D eigenvalue weighted by Crippen LogP contribution is -2.35. The summed E-state index contributed by atoms with van der Waals surface area (Å²) in [7, 11) is 0. The van der Waals surface area contributed by atoms with Crippen LogP contribution in [0.4, 0.5) is 0 Å². The number of nitrogens with zero attached hydrogens (tertiary/aromatic N) is 1. The smallest absolute Gasteiger partial charge is 0.331 e. The van der Waals surface area contributed by atoms with Gasteiger partial charge in [-0.25, -0.2) is 4.79 Å². The van der Waals surface area contributed by atoms with Crippen molar-refractivity contribution in [2.75, 3.05) is 0 Å². The van der Waals surface area contributed by atoms with Gasteiger partial charge in [0.25, 0.3) is 5.56 Å². The molecule has 94 valence electrons. The Kier molecular flexibility index (Phi) is 3.09. The van der Waals surface area contributed by atoms with Crippen LogP contribution in [0.3, 0.4) is 0 Å². The molecule has 1 aromatic heterocycles. The van der Waals surface area contributed by atoms with Gasteiger partial charge in [-0.15, -0.1) is 0 Å². The standard InChI is InChI=1S/C12H18N2O3/c1-7-3-5-9(6-4-7)14-11(16)8(2)10(15)13-12(14)17/h7,9,16H,3-6H2,1-2H3,(H,13,15,17). The first-order chi connectivity index (χ1) is 8.00. The summed E-state index contributed by atoms with van der Waals surface area (Å²) in [6.45, 7) is 3.71. The highest BCUT2D eigenvalue weighted by Gasteiger charge is 2.23. The van der Waals surface area contributed by atoms with Gasteiger partial charge in [0.05, 0.1) is 5.56 Å². The van der Waals surface area contributed by atoms with E-state index in [2.05, 4.69) is 11.9 Å². The molecule has 0 amide bonds. The molecule has 2 rings (SSSR count). The van der Waals surface area contributed by atoms with Gasteiger partial charge in [-0.1, -0.05) is 6.92 Å². The lowest BCUT2D eigenvalue weighted by molar-refractivity contribution is 0.258. The fourth-order valence-electron chi connectivity index (χ4n) is 2.47. The summed E-state index contributed by atoms with van der Waals surface area (Å²) in [5.41, 5.74) is -0.797. The zero-order valence-electron chi connectivity index (χ0n) is 10.2. The molecule has 0 spiro atoms. The zero-order valence-corrected chi connectivity index (χ0v) is 10.2. The van der Waals surface area contributed by atoms with E-state index in [-0.39, 0.29) is 17.5 Å². The number of hydrogen-bond donors (Lipinski definition) is 2. The third-order valence-electron chi connectivity index (χ3n) is 3.69. The SMILES string of the molecule is Cc1c(O)n(C2CCC(C)CC2)c(=O)[nH]c1=O. The number of aromatic hydroxyl groups is 1. The van der Waals surface area contributed by atoms with Crippen LogP contribution in [0.2, 0.25) is 0 Å². The molecule has 1 heterocycles. The van der Waals surface area contributed by atoms with E-state index in [4.69, 9.17) is 0 Å². The first-order valence-electron chi connectivity index (χ1n) is 6.05. The van der Waals surface area contributed by atoms with E-state index in [0.29, 0.717) is 5.92 Å². The number of hydrogen-bond acceptors (Lipinski definition) is 3. The Morgan fingerprint density at radius 3 is 2.41 bits per heavy atom. The molecule has 17 heavy (non-hydrogen) atoms. The van der Waals surface area contributed by atoms with E-state index in [9.17, 15) is 14.7 Å². The van der Waals surface area contributed by atoms with Crippen LogP contribution in [-0.2, 0) is 0 Å². The molecule has 0 radical (unpaired) electrons. The summed E-state index contributed by atoms with van der Waals surface area (Å²) < 4.78 is 1.34. The largest absolute Gasteiger partial charge is 0.494 e. The minimum absolute atomic E-state index is 0.00856. The molecule has 2 N–H and O–H groups in total. The third-order valence-corrected chi connectivity index (χ3v) is 3.69. The predicted molar refractivity (Wildman–Crippen MR) is 64.4 cm³/mol. The second kappa shape index (κ2) is 4.39. The molecule has 1 aromatic rings. The highest BCUT2D eigenvalue weighted by atomic mass is 16.3. The normalized spacial score (nSPS) is 24.8. The second-order valence-corrected chi connectivity index (χ2v) is 4.99. The van der Waals surface area contributed by atoms with Crippen LogP contribution in [0.15, 0.2) is 9.59 Å². The third kappa shape index (κ3) is 2.14. The van der Waals surface area contributed by atoms with Crippen molar-refractivity contribution in [2.24, 2.45) is 5.92 Å². The maximum atomic E-state index is 11.7. The van der Waals surface area contributed by atoms with Crippen molar-refractivity contribution in [1.29, 1.82) is 0 Å². The van der Waals surface area contributed by atoms with Crippen LogP contribution >= 0.6 is 0 Å². The number of nitrogens with one attached hydrogen (secondary N) is 1. The van der Waals surface area contributed by atoms with Gasteiger partial charge in [-0.05, 0) is 38.5 Å². The van der Waals surface area contributed by atoms with E-state index in [1.165, 1.54) is 11.5 Å². The molecule has 0 atom stereocenters. The van der Waals surface area contributed by atoms with Crippen molar-refractivity contribution in [2.45, 2.75) is 45.6 Å².